The van der Waals surface area contributed by atoms with Crippen molar-refractivity contribution in [1.82, 2.24) is 66.4 Å². The largest absolute Gasteiger partial charge is 0.473 e. The number of likely N-dealkylation sites (tertiary alicyclic amines) is 1. The lowest BCUT2D eigenvalue weighted by Gasteiger charge is -2.23. The van der Waals surface area contributed by atoms with Crippen molar-refractivity contribution in [3.63, 3.8) is 0 Å². The number of nitrogens with one attached hydrogen (secondary N) is 5. The first-order valence-corrected chi connectivity index (χ1v) is 32.3. The summed E-state index contributed by atoms with van der Waals surface area (Å²) in [4.78, 5) is 136. The van der Waals surface area contributed by atoms with Crippen LogP contribution in [0.2, 0.25) is 0 Å². The minimum absolute atomic E-state index is 0.0294. The van der Waals surface area contributed by atoms with Gasteiger partial charge in [0.2, 0.25) is 23.6 Å². The van der Waals surface area contributed by atoms with E-state index in [1.807, 2.05) is 26.8 Å². The molecule has 3 aliphatic rings. The summed E-state index contributed by atoms with van der Waals surface area (Å²) in [6.07, 6.45) is 0.0890. The predicted molar refractivity (Wildman–Crippen MR) is 326 cm³/mol. The Hall–Kier alpha value is -8.13. The van der Waals surface area contributed by atoms with E-state index in [1.54, 1.807) is 64.8 Å². The Labute approximate surface area is 515 Å². The molecule has 30 heteroatoms. The van der Waals surface area contributed by atoms with E-state index in [0.29, 0.717) is 105 Å². The lowest BCUT2D eigenvalue weighted by Crippen LogP contribution is -2.47. The molecule has 7 aromatic heterocycles. The maximum absolute atomic E-state index is 14.3. The number of carbonyl (C=O) groups excluding carboxylic acids is 7. The van der Waals surface area contributed by atoms with E-state index in [4.69, 9.17) is 45.4 Å². The van der Waals surface area contributed by atoms with Gasteiger partial charge >= 0.3 is 0 Å². The highest BCUT2D eigenvalue weighted by Crippen LogP contribution is 2.40. The number of thiazole rings is 6. The van der Waals surface area contributed by atoms with Gasteiger partial charge in [0.25, 0.3) is 23.6 Å². The number of ether oxygens (including phenoxy) is 1. The average molecular weight is 1270 g/mol. The van der Waals surface area contributed by atoms with Crippen LogP contribution in [0.3, 0.4) is 0 Å². The molecule has 24 nitrogen and oxygen atoms in total. The lowest BCUT2D eigenvalue weighted by molar-refractivity contribution is -0.138. The Morgan fingerprint density at radius 3 is 2.21 bits per heavy atom. The molecule has 86 heavy (non-hydrogen) atoms. The van der Waals surface area contributed by atoms with E-state index in [9.17, 15) is 38.7 Å². The molecule has 0 radical (unpaired) electrons. The molecule has 6 unspecified atom stereocenters. The van der Waals surface area contributed by atoms with Gasteiger partial charge in [-0.15, -0.1) is 68.0 Å². The average Bonchev–Trinajstić information content (AvgIpc) is 2.64. The van der Waals surface area contributed by atoms with Crippen LogP contribution in [-0.2, 0) is 30.3 Å². The number of fused-ring (bicyclic) bond motifs is 14. The van der Waals surface area contributed by atoms with Crippen LogP contribution < -0.4 is 32.3 Å². The second-order valence-electron chi connectivity index (χ2n) is 20.4. The second-order valence-corrected chi connectivity index (χ2v) is 26.3. The van der Waals surface area contributed by atoms with Crippen LogP contribution in [0.25, 0.3) is 43.4 Å². The summed E-state index contributed by atoms with van der Waals surface area (Å²) in [5.74, 6) is -3.72. The highest BCUT2D eigenvalue weighted by atomic mass is 32.1. The number of aliphatic hydroxyl groups excluding tert-OH is 1. The summed E-state index contributed by atoms with van der Waals surface area (Å²) < 4.78 is 5.90. The summed E-state index contributed by atoms with van der Waals surface area (Å²) in [5, 5.41) is 35.5. The number of rotatable bonds is 10. The Bertz CT molecular complexity index is 3960. The van der Waals surface area contributed by atoms with Gasteiger partial charge < -0.3 is 47.1 Å². The number of carbonyl (C=O) groups is 7. The first kappa shape index (κ1) is 59.6. The molecule has 3 aliphatic heterocycles. The molecule has 10 bridgehead atoms. The van der Waals surface area contributed by atoms with Crippen LogP contribution in [0.5, 0.6) is 0 Å². The Balaban J connectivity index is 0.968. The van der Waals surface area contributed by atoms with E-state index in [-0.39, 0.29) is 47.8 Å². The Morgan fingerprint density at radius 2 is 1.45 bits per heavy atom. The van der Waals surface area contributed by atoms with E-state index < -0.39 is 78.3 Å². The molecule has 1 fully saturated rings. The van der Waals surface area contributed by atoms with Crippen LogP contribution in [0, 0.1) is 12.8 Å². The molecule has 1 aromatic carbocycles. The summed E-state index contributed by atoms with van der Waals surface area (Å²) in [5.41, 5.74) is 8.84. The van der Waals surface area contributed by atoms with E-state index in [0.717, 1.165) is 11.3 Å². The van der Waals surface area contributed by atoms with Gasteiger partial charge in [-0.05, 0) is 49.8 Å². The third kappa shape index (κ3) is 12.4. The van der Waals surface area contributed by atoms with Crippen molar-refractivity contribution in [1.29, 1.82) is 0 Å². The first-order chi connectivity index (χ1) is 41.4. The molecular weight excluding hydrogens is 1220 g/mol. The number of nitrogens with zero attached hydrogens (tertiary/aromatic N) is 9. The molecule has 0 spiro atoms. The van der Waals surface area contributed by atoms with Gasteiger partial charge in [-0.25, -0.2) is 39.9 Å². The topological polar surface area (TPSA) is 341 Å². The smallest absolute Gasteiger partial charge is 0.271 e. The molecule has 0 aliphatic carbocycles. The maximum Gasteiger partial charge on any atom is 0.271 e. The zero-order chi connectivity index (χ0) is 60.5. The molecule has 11 rings (SSSR count). The molecule has 10 heterocycles. The number of benzene rings is 1. The van der Waals surface area contributed by atoms with Crippen molar-refractivity contribution in [3.05, 3.63) is 117 Å². The third-order valence-electron chi connectivity index (χ3n) is 14.3. The van der Waals surface area contributed by atoms with Gasteiger partial charge in [0, 0.05) is 50.4 Å². The fourth-order valence-corrected chi connectivity index (χ4v) is 15.4. The van der Waals surface area contributed by atoms with Gasteiger partial charge in [-0.1, -0.05) is 51.1 Å². The first-order valence-electron chi connectivity index (χ1n) is 27.2. The van der Waals surface area contributed by atoms with Crippen molar-refractivity contribution in [2.24, 2.45) is 16.6 Å². The van der Waals surface area contributed by atoms with Crippen LogP contribution in [-0.4, -0.2) is 131 Å². The number of hydrogen-bond donors (Lipinski definition) is 7. The number of pyridine rings is 1. The van der Waals surface area contributed by atoms with E-state index in [2.05, 4.69) is 31.6 Å². The van der Waals surface area contributed by atoms with Gasteiger partial charge in [0.15, 0.2) is 6.04 Å². The Kier molecular flexibility index (Phi) is 17.6. The number of nitrogens with two attached hydrogens (primary N) is 1. The number of amides is 7. The monoisotopic (exact) mass is 1270 g/mol. The zero-order valence-corrected chi connectivity index (χ0v) is 51.5. The second kappa shape index (κ2) is 25.4. The fourth-order valence-electron chi connectivity index (χ4n) is 9.85. The van der Waals surface area contributed by atoms with Gasteiger partial charge in [0.05, 0.1) is 30.7 Å². The van der Waals surface area contributed by atoms with E-state index in [1.165, 1.54) is 68.6 Å². The molecule has 7 amide bonds. The highest BCUT2D eigenvalue weighted by molar-refractivity contribution is 7.15. The summed E-state index contributed by atoms with van der Waals surface area (Å²) in [7, 11) is 1.48. The van der Waals surface area contributed by atoms with Crippen LogP contribution in [0.15, 0.2) is 69.0 Å². The van der Waals surface area contributed by atoms with E-state index >= 15 is 0 Å². The van der Waals surface area contributed by atoms with Crippen molar-refractivity contribution < 1.29 is 43.4 Å². The normalized spacial score (nSPS) is 19.6. The number of aromatic nitrogens is 7. The molecule has 6 atom stereocenters. The zero-order valence-electron chi connectivity index (χ0n) is 46.6. The standard InChI is InChI=1S/C56H55N15O9S6/c1-6-36-42-47(77)59-18-38(73)67-43(44(74)26-11-8-7-9-12-26)54-66-34(23-84-54)52-63-31(20-82-52)41-27(14-15-28(60-41)51-65-33(22-83-51)49-62-30(19-80-49)56(79)71-16-10-13-35(71)45(57)75)50-64-32(21-81-50)46(76)61-29(17-37(72)58-5)53-69-40(25(4)85-53)48(78)68-39(24(2)3)55(70-42)86-36/h7-9,11-12,14-15,20-24,29-30,35,39,43-44,74H,6,10,13,16-19H2,1-5H3,(H2,57,75)(H,58,72)(H,59,77)(H,61,76)(H,67,73)(H,68,78). The molecule has 0 saturated carbocycles. The minimum atomic E-state index is -1.27. The third-order valence-corrected chi connectivity index (χ3v) is 20.2. The summed E-state index contributed by atoms with van der Waals surface area (Å²) in [6, 6.07) is 8.06. The van der Waals surface area contributed by atoms with Crippen molar-refractivity contribution >= 4 is 115 Å². The van der Waals surface area contributed by atoms with Crippen LogP contribution in [0.1, 0.15) is 132 Å². The van der Waals surface area contributed by atoms with Crippen molar-refractivity contribution in [2.75, 3.05) is 26.7 Å². The number of aliphatic hydroxyl groups is 1. The summed E-state index contributed by atoms with van der Waals surface area (Å²) >= 11 is 7.34. The molecule has 444 valence electrons. The molecule has 8 N–H and O–H groups in total. The maximum atomic E-state index is 14.3. The van der Waals surface area contributed by atoms with Gasteiger partial charge in [-0.2, -0.15) is 0 Å². The minimum Gasteiger partial charge on any atom is -0.473 e. The van der Waals surface area contributed by atoms with Crippen LogP contribution >= 0.6 is 68.0 Å². The van der Waals surface area contributed by atoms with Gasteiger partial charge in [-0.3, -0.25) is 33.6 Å². The molecule has 8 aromatic rings. The summed E-state index contributed by atoms with van der Waals surface area (Å²) in [6.45, 7) is 7.29. The van der Waals surface area contributed by atoms with Crippen molar-refractivity contribution in [3.8, 4) is 43.4 Å². The molecular formula is C56H55N15O9S6. The lowest BCUT2D eigenvalue weighted by atomic mass is 10.0. The number of aliphatic imine (C=N–C) groups is 1. The predicted octanol–water partition coefficient (Wildman–Crippen LogP) is 6.35. The highest BCUT2D eigenvalue weighted by Gasteiger charge is 2.39. The Morgan fingerprint density at radius 1 is 0.744 bits per heavy atom. The van der Waals surface area contributed by atoms with Crippen molar-refractivity contribution in [2.45, 2.75) is 89.7 Å². The quantitative estimate of drug-likeness (QED) is 0.0784. The SMILES string of the molecule is CCc1sc2nc1C(=O)NCC(=O)NC(C(O)c1ccccc1)c1nc(cs1)-c1nc(cs1)-c1nc(-c3nc(C4=NC(C(=O)N5CCCC5C(N)=O)CO4)cs3)ccc1-c1nc(cs1)C(=O)NC(CC(=O)NC)c1nc(c(C)s1)C(=O)NC2C(C)C. The number of aryl methyl sites for hydroxylation is 2. The van der Waals surface area contributed by atoms with Crippen LogP contribution in [0.4, 0.5) is 0 Å². The van der Waals surface area contributed by atoms with Gasteiger partial charge in [0.1, 0.15) is 94.7 Å². The number of primary amides is 1. The number of hydrogen-bond acceptors (Lipinski definition) is 23. The molecule has 1 saturated heterocycles. The fraction of sp³-hybridized carbons (Fsp3) is 0.339.